The molecule has 4 nitrogen and oxygen atoms in total. The van der Waals surface area contributed by atoms with Crippen LogP contribution in [0, 0.1) is 12.8 Å². The van der Waals surface area contributed by atoms with Crippen molar-refractivity contribution in [2.75, 3.05) is 20.2 Å². The van der Waals surface area contributed by atoms with E-state index in [0.717, 1.165) is 18.4 Å². The molecule has 0 spiro atoms. The molecule has 0 radical (unpaired) electrons. The smallest absolute Gasteiger partial charge is 0.219 e. The van der Waals surface area contributed by atoms with Gasteiger partial charge in [0.15, 0.2) is 5.78 Å². The molecule has 1 aromatic carbocycles. The third kappa shape index (κ3) is 3.00. The first kappa shape index (κ1) is 14.6. The van der Waals surface area contributed by atoms with Gasteiger partial charge in [-0.2, -0.15) is 0 Å². The Labute approximate surface area is 119 Å². The lowest BCUT2D eigenvalue weighted by Crippen LogP contribution is -2.39. The van der Waals surface area contributed by atoms with E-state index in [1.807, 2.05) is 25.1 Å². The van der Waals surface area contributed by atoms with Crippen LogP contribution in [0.4, 0.5) is 0 Å². The molecular weight excluding hydrogens is 254 g/mol. The minimum Gasteiger partial charge on any atom is -0.496 e. The number of Topliss-reactive ketones (excluding diaryl/α,β-unsaturated/α-hetero) is 1. The van der Waals surface area contributed by atoms with E-state index >= 15 is 0 Å². The number of aryl methyl sites for hydroxylation is 1. The summed E-state index contributed by atoms with van der Waals surface area (Å²) in [5.41, 5.74) is 1.71. The van der Waals surface area contributed by atoms with Crippen LogP contribution in [0.15, 0.2) is 18.2 Å². The molecule has 0 aliphatic carbocycles. The molecule has 2 rings (SSSR count). The van der Waals surface area contributed by atoms with Crippen LogP contribution in [0.1, 0.15) is 35.7 Å². The Hall–Kier alpha value is -1.84. The second-order valence-electron chi connectivity index (χ2n) is 5.35. The molecule has 1 aromatic rings. The molecule has 0 atom stereocenters. The average molecular weight is 275 g/mol. The fourth-order valence-electron chi connectivity index (χ4n) is 2.69. The zero-order valence-corrected chi connectivity index (χ0v) is 12.3. The third-order valence-electron chi connectivity index (χ3n) is 3.93. The van der Waals surface area contributed by atoms with Gasteiger partial charge in [0, 0.05) is 25.9 Å². The van der Waals surface area contributed by atoms with Crippen molar-refractivity contribution in [2.24, 2.45) is 5.92 Å². The molecule has 108 valence electrons. The number of nitrogens with zero attached hydrogens (tertiary/aromatic N) is 1. The Morgan fingerprint density at radius 1 is 1.25 bits per heavy atom. The van der Waals surface area contributed by atoms with Gasteiger partial charge in [-0.25, -0.2) is 0 Å². The van der Waals surface area contributed by atoms with E-state index in [9.17, 15) is 9.59 Å². The highest BCUT2D eigenvalue weighted by atomic mass is 16.5. The van der Waals surface area contributed by atoms with Crippen LogP contribution >= 0.6 is 0 Å². The first-order valence-corrected chi connectivity index (χ1v) is 6.97. The van der Waals surface area contributed by atoms with Gasteiger partial charge in [-0.3, -0.25) is 9.59 Å². The molecule has 1 fully saturated rings. The normalized spacial score (nSPS) is 16.1. The predicted octanol–water partition coefficient (Wildman–Crippen LogP) is 2.44. The van der Waals surface area contributed by atoms with E-state index < -0.39 is 0 Å². The zero-order chi connectivity index (χ0) is 14.7. The van der Waals surface area contributed by atoms with Crippen molar-refractivity contribution >= 4 is 11.7 Å². The van der Waals surface area contributed by atoms with Crippen molar-refractivity contribution in [2.45, 2.75) is 26.7 Å². The van der Waals surface area contributed by atoms with E-state index in [0.29, 0.717) is 24.4 Å². The molecule has 0 bridgehead atoms. The Kier molecular flexibility index (Phi) is 4.42. The SMILES string of the molecule is COc1ccc(C)cc1C(=O)C1CCN(C(C)=O)CC1. The fraction of sp³-hybridized carbons (Fsp3) is 0.500. The van der Waals surface area contributed by atoms with Crippen LogP contribution in [-0.4, -0.2) is 36.8 Å². The van der Waals surface area contributed by atoms with Crippen LogP contribution in [0.2, 0.25) is 0 Å². The number of likely N-dealkylation sites (tertiary alicyclic amines) is 1. The molecule has 4 heteroatoms. The summed E-state index contributed by atoms with van der Waals surface area (Å²) >= 11 is 0. The number of methoxy groups -OCH3 is 1. The lowest BCUT2D eigenvalue weighted by atomic mass is 9.88. The third-order valence-corrected chi connectivity index (χ3v) is 3.93. The summed E-state index contributed by atoms with van der Waals surface area (Å²) in [6.45, 7) is 4.88. The van der Waals surface area contributed by atoms with Gasteiger partial charge in [0.1, 0.15) is 5.75 Å². The second-order valence-corrected chi connectivity index (χ2v) is 5.35. The molecule has 0 saturated carbocycles. The fourth-order valence-corrected chi connectivity index (χ4v) is 2.69. The molecule has 1 amide bonds. The van der Waals surface area contributed by atoms with Crippen molar-refractivity contribution in [1.82, 2.24) is 4.90 Å². The minimum atomic E-state index is -0.0127. The van der Waals surface area contributed by atoms with Gasteiger partial charge < -0.3 is 9.64 Å². The van der Waals surface area contributed by atoms with Gasteiger partial charge in [-0.1, -0.05) is 11.6 Å². The number of hydrogen-bond donors (Lipinski definition) is 0. The summed E-state index contributed by atoms with van der Waals surface area (Å²) in [5, 5.41) is 0. The number of benzene rings is 1. The predicted molar refractivity (Wildman–Crippen MR) is 77.0 cm³/mol. The first-order valence-electron chi connectivity index (χ1n) is 6.97. The van der Waals surface area contributed by atoms with Crippen LogP contribution in [0.25, 0.3) is 0 Å². The van der Waals surface area contributed by atoms with Crippen molar-refractivity contribution in [3.63, 3.8) is 0 Å². The Morgan fingerprint density at radius 3 is 2.45 bits per heavy atom. The first-order chi connectivity index (χ1) is 9.52. The summed E-state index contributed by atoms with van der Waals surface area (Å²) in [6.07, 6.45) is 1.46. The van der Waals surface area contributed by atoms with Crippen LogP contribution in [-0.2, 0) is 4.79 Å². The number of rotatable bonds is 3. The van der Waals surface area contributed by atoms with Crippen molar-refractivity contribution in [1.29, 1.82) is 0 Å². The molecule has 1 heterocycles. The molecular formula is C16H21NO3. The summed E-state index contributed by atoms with van der Waals surface area (Å²) in [7, 11) is 1.58. The number of ketones is 1. The highest BCUT2D eigenvalue weighted by Crippen LogP contribution is 2.27. The second kappa shape index (κ2) is 6.07. The van der Waals surface area contributed by atoms with E-state index in [-0.39, 0.29) is 17.6 Å². The molecule has 20 heavy (non-hydrogen) atoms. The maximum atomic E-state index is 12.6. The van der Waals surface area contributed by atoms with Gasteiger partial charge in [-0.05, 0) is 31.9 Å². The molecule has 1 saturated heterocycles. The Balaban J connectivity index is 2.13. The van der Waals surface area contributed by atoms with E-state index in [2.05, 4.69) is 0 Å². The highest BCUT2D eigenvalue weighted by molar-refractivity contribution is 6.00. The molecule has 0 aromatic heterocycles. The molecule has 1 aliphatic rings. The summed E-state index contributed by atoms with van der Waals surface area (Å²) in [6, 6.07) is 5.67. The number of ether oxygens (including phenoxy) is 1. The number of hydrogen-bond acceptors (Lipinski definition) is 3. The van der Waals surface area contributed by atoms with Gasteiger partial charge in [-0.15, -0.1) is 0 Å². The minimum absolute atomic E-state index is 0.0127. The maximum Gasteiger partial charge on any atom is 0.219 e. The van der Waals surface area contributed by atoms with Gasteiger partial charge in [0.25, 0.3) is 0 Å². The number of carbonyl (C=O) groups is 2. The topological polar surface area (TPSA) is 46.6 Å². The Bertz CT molecular complexity index is 516. The van der Waals surface area contributed by atoms with Crippen molar-refractivity contribution in [3.8, 4) is 5.75 Å². The molecule has 0 unspecified atom stereocenters. The van der Waals surface area contributed by atoms with Crippen LogP contribution in [0.3, 0.4) is 0 Å². The van der Waals surface area contributed by atoms with E-state index in [1.165, 1.54) is 0 Å². The molecule has 0 N–H and O–H groups in total. The van der Waals surface area contributed by atoms with Crippen LogP contribution < -0.4 is 4.74 Å². The quantitative estimate of drug-likeness (QED) is 0.796. The number of amides is 1. The summed E-state index contributed by atoms with van der Waals surface area (Å²) in [5.74, 6) is 0.841. The Morgan fingerprint density at radius 2 is 1.90 bits per heavy atom. The largest absolute Gasteiger partial charge is 0.496 e. The maximum absolute atomic E-state index is 12.6. The lowest BCUT2D eigenvalue weighted by Gasteiger charge is -2.30. The summed E-state index contributed by atoms with van der Waals surface area (Å²) in [4.78, 5) is 25.7. The number of piperidine rings is 1. The molecule has 1 aliphatic heterocycles. The van der Waals surface area contributed by atoms with Gasteiger partial charge in [0.05, 0.1) is 12.7 Å². The zero-order valence-electron chi connectivity index (χ0n) is 12.3. The van der Waals surface area contributed by atoms with Gasteiger partial charge >= 0.3 is 0 Å². The monoisotopic (exact) mass is 275 g/mol. The van der Waals surface area contributed by atoms with Gasteiger partial charge in [0.2, 0.25) is 5.91 Å². The standard InChI is InChI=1S/C16H21NO3/c1-11-4-5-15(20-3)14(10-11)16(19)13-6-8-17(9-7-13)12(2)18/h4-5,10,13H,6-9H2,1-3H3. The highest BCUT2D eigenvalue weighted by Gasteiger charge is 2.28. The average Bonchev–Trinajstić information content (AvgIpc) is 2.46. The lowest BCUT2D eigenvalue weighted by molar-refractivity contribution is -0.130. The van der Waals surface area contributed by atoms with Crippen molar-refractivity contribution < 1.29 is 14.3 Å². The van der Waals surface area contributed by atoms with E-state index in [4.69, 9.17) is 4.74 Å². The summed E-state index contributed by atoms with van der Waals surface area (Å²) < 4.78 is 5.29. The number of carbonyl (C=O) groups excluding carboxylic acids is 2. The van der Waals surface area contributed by atoms with E-state index in [1.54, 1.807) is 18.9 Å². The van der Waals surface area contributed by atoms with Crippen molar-refractivity contribution in [3.05, 3.63) is 29.3 Å². The van der Waals surface area contributed by atoms with Crippen LogP contribution in [0.5, 0.6) is 5.75 Å².